The number of carbonyl (C=O) groups is 1. The molecular formula is C16H31ClN4O. The lowest BCUT2D eigenvalue weighted by Crippen LogP contribution is -2.52. The quantitative estimate of drug-likeness (QED) is 0.871. The number of amides is 1. The molecule has 0 bridgehead atoms. The van der Waals surface area contributed by atoms with E-state index in [4.69, 9.17) is 5.73 Å². The lowest BCUT2D eigenvalue weighted by molar-refractivity contribution is 0.0897. The molecule has 5 nitrogen and oxygen atoms in total. The third-order valence-electron chi connectivity index (χ3n) is 3.61. The highest BCUT2D eigenvalue weighted by molar-refractivity contribution is 5.95. The maximum Gasteiger partial charge on any atom is 0.255 e. The molecule has 22 heavy (non-hydrogen) atoms. The Kier molecular flexibility index (Phi) is 7.10. The van der Waals surface area contributed by atoms with E-state index in [0.29, 0.717) is 18.0 Å². The van der Waals surface area contributed by atoms with Crippen LogP contribution in [-0.2, 0) is 5.54 Å². The maximum atomic E-state index is 12.5. The van der Waals surface area contributed by atoms with Crippen molar-refractivity contribution >= 4 is 18.3 Å². The van der Waals surface area contributed by atoms with E-state index < -0.39 is 0 Å². The van der Waals surface area contributed by atoms with Gasteiger partial charge in [-0.25, -0.2) is 0 Å². The van der Waals surface area contributed by atoms with Gasteiger partial charge < -0.3 is 11.1 Å². The van der Waals surface area contributed by atoms with Crippen molar-refractivity contribution in [3.63, 3.8) is 0 Å². The highest BCUT2D eigenvalue weighted by atomic mass is 35.5. The summed E-state index contributed by atoms with van der Waals surface area (Å²) in [4.78, 5) is 12.5. The fourth-order valence-corrected chi connectivity index (χ4v) is 2.74. The van der Waals surface area contributed by atoms with Crippen molar-refractivity contribution < 1.29 is 4.79 Å². The second-order valence-electron chi connectivity index (χ2n) is 7.54. The fourth-order valence-electron chi connectivity index (χ4n) is 2.74. The van der Waals surface area contributed by atoms with Crippen LogP contribution in [-0.4, -0.2) is 27.8 Å². The highest BCUT2D eigenvalue weighted by Crippen LogP contribution is 2.20. The predicted octanol–water partition coefficient (Wildman–Crippen LogP) is 2.86. The van der Waals surface area contributed by atoms with Crippen LogP contribution in [0.1, 0.15) is 64.0 Å². The highest BCUT2D eigenvalue weighted by Gasteiger charge is 2.28. The second-order valence-corrected chi connectivity index (χ2v) is 7.54. The molecule has 6 heteroatoms. The van der Waals surface area contributed by atoms with Crippen molar-refractivity contribution in [3.05, 3.63) is 17.5 Å². The van der Waals surface area contributed by atoms with Gasteiger partial charge in [-0.2, -0.15) is 5.10 Å². The van der Waals surface area contributed by atoms with E-state index in [-0.39, 0.29) is 29.4 Å². The minimum atomic E-state index is -0.387. The van der Waals surface area contributed by atoms with Crippen molar-refractivity contribution in [1.29, 1.82) is 0 Å². The molecule has 1 atom stereocenters. The summed E-state index contributed by atoms with van der Waals surface area (Å²) >= 11 is 0. The summed E-state index contributed by atoms with van der Waals surface area (Å²) in [7, 11) is 0. The zero-order chi connectivity index (χ0) is 16.4. The van der Waals surface area contributed by atoms with Crippen LogP contribution < -0.4 is 11.1 Å². The summed E-state index contributed by atoms with van der Waals surface area (Å²) in [6, 6.07) is 0. The topological polar surface area (TPSA) is 72.9 Å². The number of hydrogen-bond donors (Lipinski definition) is 2. The minimum absolute atomic E-state index is 0. The monoisotopic (exact) mass is 330 g/mol. The predicted molar refractivity (Wildman–Crippen MR) is 93.6 cm³/mol. The van der Waals surface area contributed by atoms with Crippen LogP contribution in [0.4, 0.5) is 0 Å². The summed E-state index contributed by atoms with van der Waals surface area (Å²) in [5, 5.41) is 7.43. The van der Waals surface area contributed by atoms with Gasteiger partial charge in [0.05, 0.1) is 17.3 Å². The number of aromatic nitrogens is 2. The third-order valence-corrected chi connectivity index (χ3v) is 3.61. The van der Waals surface area contributed by atoms with Gasteiger partial charge in [0.1, 0.15) is 0 Å². The van der Waals surface area contributed by atoms with E-state index in [0.717, 1.165) is 12.1 Å². The van der Waals surface area contributed by atoms with E-state index in [1.54, 1.807) is 6.20 Å². The first-order valence-corrected chi connectivity index (χ1v) is 7.58. The van der Waals surface area contributed by atoms with E-state index in [9.17, 15) is 4.79 Å². The molecule has 0 fully saturated rings. The van der Waals surface area contributed by atoms with Crippen molar-refractivity contribution in [2.75, 3.05) is 6.54 Å². The molecule has 0 saturated carbocycles. The van der Waals surface area contributed by atoms with Gasteiger partial charge in [-0.15, -0.1) is 12.4 Å². The molecule has 0 aliphatic carbocycles. The Bertz CT molecular complexity index is 505. The molecule has 0 aromatic carbocycles. The number of carbonyl (C=O) groups excluding carboxylic acids is 1. The van der Waals surface area contributed by atoms with Crippen LogP contribution in [0.15, 0.2) is 6.20 Å². The van der Waals surface area contributed by atoms with E-state index in [1.165, 1.54) is 0 Å². The lowest BCUT2D eigenvalue weighted by Gasteiger charge is -2.31. The molecule has 0 aliphatic heterocycles. The number of nitrogens with one attached hydrogen (secondary N) is 1. The molecule has 128 valence electrons. The van der Waals surface area contributed by atoms with Gasteiger partial charge in [0, 0.05) is 17.8 Å². The zero-order valence-corrected chi connectivity index (χ0v) is 15.7. The van der Waals surface area contributed by atoms with Gasteiger partial charge in [-0.05, 0) is 47.0 Å². The van der Waals surface area contributed by atoms with E-state index >= 15 is 0 Å². The van der Waals surface area contributed by atoms with Gasteiger partial charge >= 0.3 is 0 Å². The van der Waals surface area contributed by atoms with Crippen molar-refractivity contribution in [2.45, 2.75) is 66.0 Å². The molecule has 1 rings (SSSR count). The smallest absolute Gasteiger partial charge is 0.255 e. The number of nitrogens with zero attached hydrogens (tertiary/aromatic N) is 2. The van der Waals surface area contributed by atoms with Gasteiger partial charge in [0.15, 0.2) is 0 Å². The molecule has 1 unspecified atom stereocenters. The number of nitrogens with two attached hydrogens (primary N) is 1. The zero-order valence-electron chi connectivity index (χ0n) is 14.9. The first-order chi connectivity index (χ1) is 9.50. The average Bonchev–Trinajstić information content (AvgIpc) is 2.69. The van der Waals surface area contributed by atoms with Crippen LogP contribution >= 0.6 is 12.4 Å². The van der Waals surface area contributed by atoms with Gasteiger partial charge in [-0.3, -0.25) is 9.48 Å². The Morgan fingerprint density at radius 1 is 1.36 bits per heavy atom. The largest absolute Gasteiger partial charge is 0.345 e. The van der Waals surface area contributed by atoms with Crippen molar-refractivity contribution in [3.8, 4) is 0 Å². The van der Waals surface area contributed by atoms with Gasteiger partial charge in [0.2, 0.25) is 0 Å². The molecule has 1 aromatic rings. The minimum Gasteiger partial charge on any atom is -0.345 e. The summed E-state index contributed by atoms with van der Waals surface area (Å²) in [5.41, 5.74) is 6.83. The van der Waals surface area contributed by atoms with Crippen molar-refractivity contribution in [2.24, 2.45) is 11.7 Å². The molecule has 0 radical (unpaired) electrons. The van der Waals surface area contributed by atoms with Gasteiger partial charge in [0.25, 0.3) is 5.91 Å². The lowest BCUT2D eigenvalue weighted by atomic mass is 9.90. The Morgan fingerprint density at radius 2 is 1.91 bits per heavy atom. The van der Waals surface area contributed by atoms with Crippen molar-refractivity contribution in [1.82, 2.24) is 15.1 Å². The first kappa shape index (κ1) is 20.9. The average molecular weight is 331 g/mol. The van der Waals surface area contributed by atoms with Crippen LogP contribution in [0.3, 0.4) is 0 Å². The first-order valence-electron chi connectivity index (χ1n) is 7.58. The maximum absolute atomic E-state index is 12.5. The summed E-state index contributed by atoms with van der Waals surface area (Å²) in [6.07, 6.45) is 2.49. The Morgan fingerprint density at radius 3 is 2.27 bits per heavy atom. The summed E-state index contributed by atoms with van der Waals surface area (Å²) < 4.78 is 1.88. The molecule has 1 heterocycles. The van der Waals surface area contributed by atoms with Crippen LogP contribution in [0.2, 0.25) is 0 Å². The van der Waals surface area contributed by atoms with Crippen LogP contribution in [0.25, 0.3) is 0 Å². The molecule has 0 saturated heterocycles. The molecule has 3 N–H and O–H groups in total. The molecule has 0 spiro atoms. The van der Waals surface area contributed by atoms with E-state index in [2.05, 4.69) is 45.0 Å². The fraction of sp³-hybridized carbons (Fsp3) is 0.750. The Hall–Kier alpha value is -1.07. The third kappa shape index (κ3) is 4.99. The Labute approximate surface area is 140 Å². The van der Waals surface area contributed by atoms with Crippen LogP contribution in [0, 0.1) is 12.8 Å². The number of halogens is 1. The van der Waals surface area contributed by atoms with Crippen LogP contribution in [0.5, 0.6) is 0 Å². The second kappa shape index (κ2) is 7.47. The van der Waals surface area contributed by atoms with E-state index in [1.807, 2.05) is 18.5 Å². The number of rotatable bonds is 5. The molecular weight excluding hydrogens is 300 g/mol. The normalized spacial score (nSPS) is 14.4. The Balaban J connectivity index is 0.00000441. The summed E-state index contributed by atoms with van der Waals surface area (Å²) in [5.74, 6) is 0.369. The molecule has 1 aromatic heterocycles. The summed E-state index contributed by atoms with van der Waals surface area (Å²) in [6.45, 7) is 14.8. The SMILES string of the molecule is Cc1c(C(=O)NC(C)(CN)CC(C)C)cnn1C(C)(C)C.Cl. The van der Waals surface area contributed by atoms with Gasteiger partial charge in [-0.1, -0.05) is 13.8 Å². The standard InChI is InChI=1S/C16H30N4O.ClH/c1-11(2)8-16(7,10-17)19-14(21)13-9-18-20(12(13)3)15(4,5)6;/h9,11H,8,10,17H2,1-7H3,(H,19,21);1H. The molecule has 0 aliphatic rings. The number of hydrogen-bond acceptors (Lipinski definition) is 3. The molecule has 1 amide bonds.